The molecule has 1 aromatic carbocycles. The van der Waals surface area contributed by atoms with Crippen molar-refractivity contribution in [3.05, 3.63) is 35.4 Å². The first-order chi connectivity index (χ1) is 14.0. The Labute approximate surface area is 176 Å². The molecular weight excluding hydrogens is 364 g/mol. The molecule has 0 unspecified atom stereocenters. The number of hydrogen-bond donors (Lipinski definition) is 2. The largest absolute Gasteiger partial charge is 0.382 e. The maximum Gasteiger partial charge on any atom is 0.253 e. The number of carbonyl (C=O) groups excluding carboxylic acids is 1. The number of amides is 1. The third kappa shape index (κ3) is 7.35. The Balaban J connectivity index is 1.82. The molecule has 162 valence electrons. The first-order valence-electron chi connectivity index (χ1n) is 10.8. The summed E-state index contributed by atoms with van der Waals surface area (Å²) in [4.78, 5) is 18.1. The van der Waals surface area contributed by atoms with E-state index in [9.17, 15) is 4.79 Å². The van der Waals surface area contributed by atoms with Crippen LogP contribution < -0.4 is 10.6 Å². The van der Waals surface area contributed by atoms with E-state index in [0.29, 0.717) is 5.41 Å². The summed E-state index contributed by atoms with van der Waals surface area (Å²) in [5.74, 6) is 0.874. The standard InChI is InChI=1S/C23H38N4O2/c1-5-29-16-14-23(12-6-7-13-23)18-26-22(24-2)25-15-11-19-9-8-10-20(17-19)21(28)27(3)4/h8-10,17H,5-7,11-16,18H2,1-4H3,(H2,24,25,26). The van der Waals surface area contributed by atoms with Crippen molar-refractivity contribution in [3.8, 4) is 0 Å². The Morgan fingerprint density at radius 1 is 1.24 bits per heavy atom. The van der Waals surface area contributed by atoms with Gasteiger partial charge in [-0.3, -0.25) is 9.79 Å². The summed E-state index contributed by atoms with van der Waals surface area (Å²) in [5, 5.41) is 6.94. The van der Waals surface area contributed by atoms with Crippen molar-refractivity contribution in [1.29, 1.82) is 0 Å². The average Bonchev–Trinajstić information content (AvgIpc) is 3.19. The Morgan fingerprint density at radius 3 is 2.66 bits per heavy atom. The lowest BCUT2D eigenvalue weighted by Gasteiger charge is -2.30. The number of rotatable bonds is 10. The summed E-state index contributed by atoms with van der Waals surface area (Å²) in [6.07, 6.45) is 7.08. The molecule has 6 heteroatoms. The van der Waals surface area contributed by atoms with Crippen LogP contribution in [0.2, 0.25) is 0 Å². The fraction of sp³-hybridized carbons (Fsp3) is 0.652. The van der Waals surface area contributed by atoms with E-state index in [0.717, 1.165) is 56.2 Å². The highest BCUT2D eigenvalue weighted by Crippen LogP contribution is 2.40. The molecule has 0 spiro atoms. The fourth-order valence-corrected chi connectivity index (χ4v) is 4.01. The maximum absolute atomic E-state index is 12.1. The molecule has 0 saturated heterocycles. The Morgan fingerprint density at radius 2 is 2.00 bits per heavy atom. The summed E-state index contributed by atoms with van der Waals surface area (Å²) in [6.45, 7) is 5.38. The van der Waals surface area contributed by atoms with Crippen LogP contribution in [-0.4, -0.2) is 64.2 Å². The van der Waals surface area contributed by atoms with Gasteiger partial charge < -0.3 is 20.3 Å². The van der Waals surface area contributed by atoms with Crippen LogP contribution in [0, 0.1) is 5.41 Å². The van der Waals surface area contributed by atoms with Crippen LogP contribution in [0.15, 0.2) is 29.3 Å². The number of benzene rings is 1. The van der Waals surface area contributed by atoms with E-state index >= 15 is 0 Å². The topological polar surface area (TPSA) is 66.0 Å². The number of aliphatic imine (C=N–C) groups is 1. The van der Waals surface area contributed by atoms with Gasteiger partial charge in [-0.2, -0.15) is 0 Å². The highest BCUT2D eigenvalue weighted by molar-refractivity contribution is 5.94. The number of guanidine groups is 1. The van der Waals surface area contributed by atoms with Gasteiger partial charge in [0.15, 0.2) is 5.96 Å². The molecule has 1 aliphatic carbocycles. The number of ether oxygens (including phenoxy) is 1. The molecule has 0 aliphatic heterocycles. The van der Waals surface area contributed by atoms with E-state index in [-0.39, 0.29) is 5.91 Å². The third-order valence-corrected chi connectivity index (χ3v) is 5.79. The molecule has 1 aromatic rings. The molecule has 6 nitrogen and oxygen atoms in total. The number of nitrogens with zero attached hydrogens (tertiary/aromatic N) is 2. The predicted octanol–water partition coefficient (Wildman–Crippen LogP) is 3.08. The molecule has 0 radical (unpaired) electrons. The van der Waals surface area contributed by atoms with E-state index < -0.39 is 0 Å². The summed E-state index contributed by atoms with van der Waals surface area (Å²) in [5.41, 5.74) is 2.20. The SMILES string of the molecule is CCOCCC1(CNC(=NC)NCCc2cccc(C(=O)N(C)C)c2)CCCC1. The zero-order valence-corrected chi connectivity index (χ0v) is 18.6. The Hall–Kier alpha value is -2.08. The summed E-state index contributed by atoms with van der Waals surface area (Å²) in [7, 11) is 5.36. The highest BCUT2D eigenvalue weighted by Gasteiger charge is 2.33. The van der Waals surface area contributed by atoms with Crippen molar-refractivity contribution in [2.45, 2.75) is 45.4 Å². The Kier molecular flexibility index (Phi) is 9.45. The molecule has 0 atom stereocenters. The predicted molar refractivity (Wildman–Crippen MR) is 120 cm³/mol. The lowest BCUT2D eigenvalue weighted by Crippen LogP contribution is -2.44. The van der Waals surface area contributed by atoms with Crippen molar-refractivity contribution in [3.63, 3.8) is 0 Å². The molecule has 1 fully saturated rings. The van der Waals surface area contributed by atoms with Gasteiger partial charge in [-0.05, 0) is 55.7 Å². The second-order valence-electron chi connectivity index (χ2n) is 8.16. The van der Waals surface area contributed by atoms with Crippen LogP contribution in [-0.2, 0) is 11.2 Å². The molecule has 2 N–H and O–H groups in total. The van der Waals surface area contributed by atoms with Gasteiger partial charge in [0.2, 0.25) is 0 Å². The second-order valence-corrected chi connectivity index (χ2v) is 8.16. The van der Waals surface area contributed by atoms with Gasteiger partial charge in [-0.1, -0.05) is 25.0 Å². The smallest absolute Gasteiger partial charge is 0.253 e. The second kappa shape index (κ2) is 11.8. The summed E-state index contributed by atoms with van der Waals surface area (Å²) in [6, 6.07) is 7.84. The minimum absolute atomic E-state index is 0.0335. The first-order valence-corrected chi connectivity index (χ1v) is 10.8. The zero-order chi connectivity index (χ0) is 21.1. The van der Waals surface area contributed by atoms with Gasteiger partial charge in [0, 0.05) is 53.0 Å². The van der Waals surface area contributed by atoms with Crippen LogP contribution in [0.3, 0.4) is 0 Å². The molecule has 1 saturated carbocycles. The van der Waals surface area contributed by atoms with Gasteiger partial charge in [0.25, 0.3) is 5.91 Å². The third-order valence-electron chi connectivity index (χ3n) is 5.79. The quantitative estimate of drug-likeness (QED) is 0.359. The van der Waals surface area contributed by atoms with Crippen molar-refractivity contribution in [2.75, 3.05) is 47.4 Å². The maximum atomic E-state index is 12.1. The van der Waals surface area contributed by atoms with Crippen LogP contribution >= 0.6 is 0 Å². The average molecular weight is 403 g/mol. The normalized spacial score (nSPS) is 15.9. The molecule has 0 heterocycles. The van der Waals surface area contributed by atoms with E-state index in [2.05, 4.69) is 28.6 Å². The van der Waals surface area contributed by atoms with Crippen molar-refractivity contribution < 1.29 is 9.53 Å². The molecule has 1 amide bonds. The van der Waals surface area contributed by atoms with Crippen LogP contribution in [0.25, 0.3) is 0 Å². The van der Waals surface area contributed by atoms with E-state index in [1.165, 1.54) is 25.7 Å². The number of hydrogen-bond acceptors (Lipinski definition) is 3. The highest BCUT2D eigenvalue weighted by atomic mass is 16.5. The fourth-order valence-electron chi connectivity index (χ4n) is 4.01. The number of nitrogens with one attached hydrogen (secondary N) is 2. The van der Waals surface area contributed by atoms with E-state index in [1.807, 2.05) is 25.2 Å². The first kappa shape index (κ1) is 23.2. The van der Waals surface area contributed by atoms with Crippen LogP contribution in [0.4, 0.5) is 0 Å². The lowest BCUT2D eigenvalue weighted by molar-refractivity contribution is 0.0827. The van der Waals surface area contributed by atoms with Gasteiger partial charge in [0.1, 0.15) is 0 Å². The van der Waals surface area contributed by atoms with Crippen molar-refractivity contribution in [2.24, 2.45) is 10.4 Å². The lowest BCUT2D eigenvalue weighted by atomic mass is 9.83. The minimum Gasteiger partial charge on any atom is -0.382 e. The Bertz CT molecular complexity index is 667. The molecular formula is C23H38N4O2. The van der Waals surface area contributed by atoms with Gasteiger partial charge in [-0.15, -0.1) is 0 Å². The van der Waals surface area contributed by atoms with Gasteiger partial charge in [0.05, 0.1) is 0 Å². The van der Waals surface area contributed by atoms with Gasteiger partial charge >= 0.3 is 0 Å². The molecule has 2 rings (SSSR count). The van der Waals surface area contributed by atoms with Crippen LogP contribution in [0.5, 0.6) is 0 Å². The van der Waals surface area contributed by atoms with E-state index in [4.69, 9.17) is 4.74 Å². The molecule has 1 aliphatic rings. The minimum atomic E-state index is 0.0335. The molecule has 0 bridgehead atoms. The van der Waals surface area contributed by atoms with Crippen LogP contribution in [0.1, 0.15) is 54.9 Å². The van der Waals surface area contributed by atoms with E-state index in [1.54, 1.807) is 19.0 Å². The summed E-state index contributed by atoms with van der Waals surface area (Å²) >= 11 is 0. The molecule has 29 heavy (non-hydrogen) atoms. The van der Waals surface area contributed by atoms with Crippen molar-refractivity contribution in [1.82, 2.24) is 15.5 Å². The van der Waals surface area contributed by atoms with Gasteiger partial charge in [-0.25, -0.2) is 0 Å². The zero-order valence-electron chi connectivity index (χ0n) is 18.6. The van der Waals surface area contributed by atoms with Crippen molar-refractivity contribution >= 4 is 11.9 Å². The molecule has 0 aromatic heterocycles. The summed E-state index contributed by atoms with van der Waals surface area (Å²) < 4.78 is 5.61. The number of carbonyl (C=O) groups is 1. The monoisotopic (exact) mass is 402 g/mol.